The maximum absolute atomic E-state index is 13.2. The first-order chi connectivity index (χ1) is 13.4. The number of fused-ring (bicyclic) bond motifs is 6. The summed E-state index contributed by atoms with van der Waals surface area (Å²) in [5.74, 6) is 0.481. The summed E-state index contributed by atoms with van der Waals surface area (Å²) in [6, 6.07) is 4.04. The Morgan fingerprint density at radius 1 is 1.07 bits per heavy atom. The first-order valence-corrected chi connectivity index (χ1v) is 12.1. The number of rotatable bonds is 4. The lowest BCUT2D eigenvalue weighted by molar-refractivity contribution is -0.0412. The lowest BCUT2D eigenvalue weighted by Crippen LogP contribution is -2.50. The van der Waals surface area contributed by atoms with E-state index in [4.69, 9.17) is 4.74 Å². The lowest BCUT2D eigenvalue weighted by atomic mass is 9.84. The van der Waals surface area contributed by atoms with Gasteiger partial charge in [0.2, 0.25) is 10.0 Å². The minimum absolute atomic E-state index is 0.109. The van der Waals surface area contributed by atoms with E-state index in [1.807, 2.05) is 10.6 Å². The van der Waals surface area contributed by atoms with E-state index in [1.54, 1.807) is 11.2 Å². The van der Waals surface area contributed by atoms with Crippen LogP contribution in [-0.4, -0.2) is 66.3 Å². The summed E-state index contributed by atoms with van der Waals surface area (Å²) in [5.41, 5.74) is 1.96. The van der Waals surface area contributed by atoms with Gasteiger partial charge < -0.3 is 9.30 Å². The van der Waals surface area contributed by atoms with E-state index in [2.05, 4.69) is 11.0 Å². The number of piperidine rings is 1. The number of sulfonamides is 1. The Balaban J connectivity index is 1.38. The van der Waals surface area contributed by atoms with Crippen LogP contribution in [0.5, 0.6) is 0 Å². The van der Waals surface area contributed by atoms with Gasteiger partial charge in [0.25, 0.3) is 5.56 Å². The molecule has 154 valence electrons. The molecule has 4 aliphatic heterocycles. The number of hydrogen-bond acceptors (Lipinski definition) is 5. The van der Waals surface area contributed by atoms with E-state index >= 15 is 0 Å². The first kappa shape index (κ1) is 18.8. The van der Waals surface area contributed by atoms with Crippen LogP contribution in [0.4, 0.5) is 0 Å². The van der Waals surface area contributed by atoms with Gasteiger partial charge in [-0.1, -0.05) is 6.07 Å². The Morgan fingerprint density at radius 3 is 2.54 bits per heavy atom. The molecule has 0 amide bonds. The van der Waals surface area contributed by atoms with Crippen molar-refractivity contribution >= 4 is 10.0 Å². The van der Waals surface area contributed by atoms with Crippen LogP contribution in [-0.2, 0) is 27.8 Å². The topological polar surface area (TPSA) is 71.9 Å². The third kappa shape index (κ3) is 3.24. The largest absolute Gasteiger partial charge is 0.372 e. The molecule has 5 heterocycles. The van der Waals surface area contributed by atoms with Gasteiger partial charge in [0.05, 0.1) is 18.0 Å². The zero-order valence-corrected chi connectivity index (χ0v) is 17.2. The number of nitrogens with zero attached hydrogens (tertiary/aromatic N) is 3. The molecule has 4 atom stereocenters. The zero-order valence-electron chi connectivity index (χ0n) is 16.4. The minimum Gasteiger partial charge on any atom is -0.372 e. The molecule has 0 radical (unpaired) electrons. The summed E-state index contributed by atoms with van der Waals surface area (Å²) in [6.45, 7) is 5.86. The van der Waals surface area contributed by atoms with Crippen LogP contribution in [0.15, 0.2) is 16.9 Å². The van der Waals surface area contributed by atoms with Crippen LogP contribution in [0.3, 0.4) is 0 Å². The van der Waals surface area contributed by atoms with Crippen LogP contribution in [0, 0.1) is 5.92 Å². The summed E-state index contributed by atoms with van der Waals surface area (Å²) in [6.07, 6.45) is 3.88. The Kier molecular flexibility index (Phi) is 4.65. The van der Waals surface area contributed by atoms with Gasteiger partial charge in [0, 0.05) is 56.4 Å². The fraction of sp³-hybridized carbons (Fsp3) is 0.750. The molecular weight excluding hydrogens is 378 g/mol. The summed E-state index contributed by atoms with van der Waals surface area (Å²) in [4.78, 5) is 15.6. The molecule has 0 aliphatic carbocycles. The number of aromatic nitrogens is 1. The molecule has 0 spiro atoms. The van der Waals surface area contributed by atoms with E-state index in [0.717, 1.165) is 43.6 Å². The maximum Gasteiger partial charge on any atom is 0.255 e. The van der Waals surface area contributed by atoms with Crippen molar-refractivity contribution in [2.24, 2.45) is 5.92 Å². The second kappa shape index (κ2) is 6.93. The quantitative estimate of drug-likeness (QED) is 0.744. The van der Waals surface area contributed by atoms with Gasteiger partial charge in [-0.15, -0.1) is 0 Å². The molecule has 0 unspecified atom stereocenters. The third-order valence-corrected chi connectivity index (χ3v) is 8.74. The number of likely N-dealkylation sites (tertiary alicyclic amines) is 1. The zero-order chi connectivity index (χ0) is 19.5. The van der Waals surface area contributed by atoms with Crippen LogP contribution < -0.4 is 5.56 Å². The van der Waals surface area contributed by atoms with Crippen LogP contribution in [0.2, 0.25) is 0 Å². The summed E-state index contributed by atoms with van der Waals surface area (Å²) < 4.78 is 34.1. The number of ether oxygens (including phenoxy) is 1. The van der Waals surface area contributed by atoms with Crippen molar-refractivity contribution in [2.75, 3.05) is 31.9 Å². The Hall–Kier alpha value is -1.22. The smallest absolute Gasteiger partial charge is 0.255 e. The van der Waals surface area contributed by atoms with Crippen LogP contribution in [0.25, 0.3) is 0 Å². The maximum atomic E-state index is 13.2. The van der Waals surface area contributed by atoms with Gasteiger partial charge in [-0.2, -0.15) is 0 Å². The SMILES string of the molecule is CCS(=O)(=O)N1C[C@@H]2C[C@H](C1)c1ccc(CN3C[C@H]4CC[C@@H](C3)O4)c(=O)n1C2. The highest BCUT2D eigenvalue weighted by Crippen LogP contribution is 2.36. The fourth-order valence-electron chi connectivity index (χ4n) is 5.55. The van der Waals surface area contributed by atoms with E-state index in [1.165, 1.54) is 0 Å². The van der Waals surface area contributed by atoms with Gasteiger partial charge in [0.1, 0.15) is 0 Å². The number of pyridine rings is 1. The highest BCUT2D eigenvalue weighted by atomic mass is 32.2. The lowest BCUT2D eigenvalue weighted by Gasteiger charge is -2.42. The molecule has 0 N–H and O–H groups in total. The molecule has 4 bridgehead atoms. The van der Waals surface area contributed by atoms with E-state index < -0.39 is 10.0 Å². The number of hydrogen-bond donors (Lipinski definition) is 0. The normalized spacial score (nSPS) is 33.0. The number of morpholine rings is 1. The van der Waals surface area contributed by atoms with E-state index in [0.29, 0.717) is 38.4 Å². The third-order valence-electron chi connectivity index (χ3n) is 6.92. The van der Waals surface area contributed by atoms with Crippen molar-refractivity contribution in [2.45, 2.75) is 57.4 Å². The van der Waals surface area contributed by atoms with Crippen LogP contribution >= 0.6 is 0 Å². The van der Waals surface area contributed by atoms with E-state index in [-0.39, 0.29) is 23.1 Å². The molecule has 5 rings (SSSR count). The van der Waals surface area contributed by atoms with Gasteiger partial charge in [0.15, 0.2) is 0 Å². The molecule has 0 saturated carbocycles. The molecule has 8 heteroatoms. The fourth-order valence-corrected chi connectivity index (χ4v) is 6.76. The molecule has 4 aliphatic rings. The molecule has 3 saturated heterocycles. The second-order valence-corrected chi connectivity index (χ2v) is 11.1. The summed E-state index contributed by atoms with van der Waals surface area (Å²) >= 11 is 0. The average Bonchev–Trinajstić information content (AvgIpc) is 3.02. The van der Waals surface area contributed by atoms with Gasteiger partial charge in [-0.05, 0) is 38.2 Å². The van der Waals surface area contributed by atoms with Gasteiger partial charge in [-0.25, -0.2) is 12.7 Å². The predicted molar refractivity (Wildman–Crippen MR) is 106 cm³/mol. The van der Waals surface area contributed by atoms with Crippen molar-refractivity contribution in [3.8, 4) is 0 Å². The summed E-state index contributed by atoms with van der Waals surface area (Å²) in [7, 11) is -3.18. The van der Waals surface area contributed by atoms with E-state index in [9.17, 15) is 13.2 Å². The van der Waals surface area contributed by atoms with Crippen LogP contribution in [0.1, 0.15) is 43.4 Å². The average molecular weight is 408 g/mol. The highest BCUT2D eigenvalue weighted by molar-refractivity contribution is 7.89. The molecule has 1 aromatic heterocycles. The molecule has 28 heavy (non-hydrogen) atoms. The first-order valence-electron chi connectivity index (χ1n) is 10.5. The van der Waals surface area contributed by atoms with Gasteiger partial charge in [-0.3, -0.25) is 9.69 Å². The Morgan fingerprint density at radius 2 is 1.82 bits per heavy atom. The molecule has 7 nitrogen and oxygen atoms in total. The standard InChI is InChI=1S/C20H29N3O4S/c1-2-28(25,26)22-8-14-7-16(11-22)19-6-3-15(20(24)23(19)9-14)10-21-12-17-4-5-18(13-21)27-17/h3,6,14,16-18H,2,4-5,7-13H2,1H3/t14-,16+,17-,18+/m0/s1. The predicted octanol–water partition coefficient (Wildman–Crippen LogP) is 0.980. The molecular formula is C20H29N3O4S. The van der Waals surface area contributed by atoms with Crippen molar-refractivity contribution in [1.82, 2.24) is 13.8 Å². The Labute approximate surface area is 166 Å². The Bertz CT molecular complexity index is 916. The molecule has 1 aromatic rings. The highest BCUT2D eigenvalue weighted by Gasteiger charge is 2.39. The summed E-state index contributed by atoms with van der Waals surface area (Å²) in [5, 5.41) is 0. The monoisotopic (exact) mass is 407 g/mol. The second-order valence-electron chi connectivity index (χ2n) is 8.87. The molecule has 3 fully saturated rings. The minimum atomic E-state index is -3.18. The molecule has 0 aromatic carbocycles. The van der Waals surface area contributed by atoms with Crippen molar-refractivity contribution < 1.29 is 13.2 Å². The van der Waals surface area contributed by atoms with Crippen molar-refractivity contribution in [3.63, 3.8) is 0 Å². The van der Waals surface area contributed by atoms with Crippen molar-refractivity contribution in [1.29, 1.82) is 0 Å². The van der Waals surface area contributed by atoms with Crippen molar-refractivity contribution in [3.05, 3.63) is 33.7 Å². The van der Waals surface area contributed by atoms with Gasteiger partial charge >= 0.3 is 0 Å².